The molecule has 3 aromatic heterocycles. The monoisotopic (exact) mass is 442 g/mol. The fourth-order valence-corrected chi connectivity index (χ4v) is 5.63. The molecule has 0 bridgehead atoms. The van der Waals surface area contributed by atoms with Gasteiger partial charge in [-0.3, -0.25) is 5.32 Å². The Hall–Kier alpha value is -2.28. The van der Waals surface area contributed by atoms with Gasteiger partial charge in [0.2, 0.25) is 5.88 Å². The highest BCUT2D eigenvalue weighted by molar-refractivity contribution is 7.92. The molecular weight excluding hydrogens is 424 g/mol. The van der Waals surface area contributed by atoms with Crippen LogP contribution in [0, 0.1) is 6.92 Å². The molecular formula is C16H18N4O5S3. The molecule has 0 saturated carbocycles. The summed E-state index contributed by atoms with van der Waals surface area (Å²) in [6.07, 6.45) is 0.608. The zero-order valence-electron chi connectivity index (χ0n) is 15.3. The Kier molecular flexibility index (Phi) is 6.13. The third kappa shape index (κ3) is 4.58. The molecule has 0 aromatic carbocycles. The number of ether oxygens (including phenoxy) is 2. The lowest BCUT2D eigenvalue weighted by atomic mass is 10.2. The largest absolute Gasteiger partial charge is 0.481 e. The van der Waals surface area contributed by atoms with Crippen molar-refractivity contribution in [1.82, 2.24) is 14.7 Å². The highest BCUT2D eigenvalue weighted by Gasteiger charge is 2.22. The first-order valence-corrected chi connectivity index (χ1v) is 11.2. The first-order valence-electron chi connectivity index (χ1n) is 8.06. The number of aryl methyl sites for hydroxylation is 1. The van der Waals surface area contributed by atoms with Gasteiger partial charge < -0.3 is 9.47 Å². The summed E-state index contributed by atoms with van der Waals surface area (Å²) in [5.41, 5.74) is 1.41. The number of carbonyl (C=O) groups excluding carboxylic acids is 1. The molecule has 0 radical (unpaired) electrons. The van der Waals surface area contributed by atoms with E-state index in [9.17, 15) is 13.2 Å². The van der Waals surface area contributed by atoms with Crippen LogP contribution in [0.1, 0.15) is 10.4 Å². The highest BCUT2D eigenvalue weighted by atomic mass is 32.2. The number of thiophene rings is 1. The molecule has 150 valence electrons. The molecule has 12 heteroatoms. The minimum Gasteiger partial charge on any atom is -0.481 e. The fourth-order valence-electron chi connectivity index (χ4n) is 2.33. The molecule has 0 fully saturated rings. The predicted octanol–water partition coefficient (Wildman–Crippen LogP) is 2.77. The lowest BCUT2D eigenvalue weighted by Crippen LogP contribution is -2.33. The van der Waals surface area contributed by atoms with Gasteiger partial charge in [0, 0.05) is 24.5 Å². The molecule has 3 aromatic rings. The van der Waals surface area contributed by atoms with Crippen LogP contribution in [-0.4, -0.2) is 45.2 Å². The molecule has 2 amide bonds. The van der Waals surface area contributed by atoms with Crippen molar-refractivity contribution in [1.29, 1.82) is 0 Å². The predicted molar refractivity (Wildman–Crippen MR) is 108 cm³/mol. The molecule has 0 aliphatic heterocycles. The summed E-state index contributed by atoms with van der Waals surface area (Å²) in [6, 6.07) is 4.00. The van der Waals surface area contributed by atoms with Crippen LogP contribution in [0.4, 0.5) is 9.93 Å². The number of carbonyl (C=O) groups is 1. The number of anilines is 1. The number of nitrogens with one attached hydrogen (secondary N) is 2. The summed E-state index contributed by atoms with van der Waals surface area (Å²) in [5, 5.41) is 2.66. The minimum absolute atomic E-state index is 0.0713. The van der Waals surface area contributed by atoms with Crippen LogP contribution in [0.5, 0.6) is 5.88 Å². The van der Waals surface area contributed by atoms with E-state index in [0.717, 1.165) is 33.1 Å². The van der Waals surface area contributed by atoms with Gasteiger partial charge >= 0.3 is 6.03 Å². The number of thiazole rings is 1. The molecule has 28 heavy (non-hydrogen) atoms. The normalized spacial score (nSPS) is 11.5. The molecule has 0 unspecified atom stereocenters. The van der Waals surface area contributed by atoms with Crippen LogP contribution in [0.15, 0.2) is 22.4 Å². The number of aromatic nitrogens is 2. The van der Waals surface area contributed by atoms with E-state index in [1.807, 2.05) is 11.6 Å². The maximum Gasteiger partial charge on any atom is 0.334 e. The fraction of sp³-hybridized carbons (Fsp3) is 0.312. The summed E-state index contributed by atoms with van der Waals surface area (Å²) >= 11 is 2.23. The number of hydrogen-bond donors (Lipinski definition) is 2. The number of urea groups is 1. The summed E-state index contributed by atoms with van der Waals surface area (Å²) in [5.74, 6) is 0.423. The summed E-state index contributed by atoms with van der Waals surface area (Å²) < 4.78 is 37.1. The van der Waals surface area contributed by atoms with E-state index in [2.05, 4.69) is 15.3 Å². The SMILES string of the molecule is COCCc1sc(S(=O)(=O)NC(=O)Nc2nc3ccc(OC)nc3s2)cc1C. The zero-order valence-corrected chi connectivity index (χ0v) is 17.8. The first-order chi connectivity index (χ1) is 13.3. The van der Waals surface area contributed by atoms with Crippen molar-refractivity contribution < 1.29 is 22.7 Å². The number of fused-ring (bicyclic) bond motifs is 1. The van der Waals surface area contributed by atoms with E-state index in [4.69, 9.17) is 9.47 Å². The van der Waals surface area contributed by atoms with Gasteiger partial charge in [-0.15, -0.1) is 11.3 Å². The smallest absolute Gasteiger partial charge is 0.334 e. The second-order valence-corrected chi connectivity index (χ2v) is 9.69. The van der Waals surface area contributed by atoms with Crippen LogP contribution in [0.2, 0.25) is 0 Å². The van der Waals surface area contributed by atoms with Crippen molar-refractivity contribution in [3.05, 3.63) is 28.6 Å². The van der Waals surface area contributed by atoms with E-state index < -0.39 is 16.1 Å². The van der Waals surface area contributed by atoms with Crippen LogP contribution >= 0.6 is 22.7 Å². The van der Waals surface area contributed by atoms with Gasteiger partial charge in [0.25, 0.3) is 10.0 Å². The second-order valence-electron chi connectivity index (χ2n) is 5.67. The molecule has 0 saturated heterocycles. The Labute approximate surface area is 169 Å². The van der Waals surface area contributed by atoms with E-state index in [1.54, 1.807) is 25.3 Å². The number of rotatable bonds is 7. The third-order valence-corrected chi connectivity index (χ3v) is 7.66. The minimum atomic E-state index is -3.99. The molecule has 0 atom stereocenters. The maximum absolute atomic E-state index is 12.5. The zero-order chi connectivity index (χ0) is 20.3. The Bertz CT molecular complexity index is 1110. The van der Waals surface area contributed by atoms with Crippen molar-refractivity contribution in [2.75, 3.05) is 26.1 Å². The Morgan fingerprint density at radius 1 is 1.21 bits per heavy atom. The van der Waals surface area contributed by atoms with Crippen LogP contribution in [0.25, 0.3) is 10.3 Å². The number of methoxy groups -OCH3 is 2. The van der Waals surface area contributed by atoms with Gasteiger partial charge in [0.05, 0.1) is 13.7 Å². The first kappa shape index (κ1) is 20.5. The van der Waals surface area contributed by atoms with Crippen molar-refractivity contribution in [3.63, 3.8) is 0 Å². The Morgan fingerprint density at radius 2 is 2.00 bits per heavy atom. The summed E-state index contributed by atoms with van der Waals surface area (Å²) in [6.45, 7) is 2.31. The quantitative estimate of drug-likeness (QED) is 0.577. The van der Waals surface area contributed by atoms with Crippen molar-refractivity contribution >= 4 is 54.2 Å². The van der Waals surface area contributed by atoms with Crippen molar-refractivity contribution in [3.8, 4) is 5.88 Å². The van der Waals surface area contributed by atoms with Crippen molar-refractivity contribution in [2.24, 2.45) is 0 Å². The second kappa shape index (κ2) is 8.39. The standard InChI is InChI=1S/C16H18N4O5S3/c1-9-8-13(26-11(9)6-7-24-2)28(22,23)20-15(21)19-16-17-10-4-5-12(25-3)18-14(10)27-16/h4-5,8H,6-7H2,1-3H3,(H2,17,19,20,21). The molecule has 3 rings (SSSR count). The molecule has 0 aliphatic rings. The number of amides is 2. The average Bonchev–Trinajstić information content (AvgIpc) is 3.21. The Balaban J connectivity index is 1.71. The van der Waals surface area contributed by atoms with Crippen LogP contribution in [0.3, 0.4) is 0 Å². The highest BCUT2D eigenvalue weighted by Crippen LogP contribution is 2.28. The van der Waals surface area contributed by atoms with E-state index in [-0.39, 0.29) is 9.34 Å². The molecule has 2 N–H and O–H groups in total. The lowest BCUT2D eigenvalue weighted by Gasteiger charge is -2.04. The van der Waals surface area contributed by atoms with E-state index in [1.165, 1.54) is 7.11 Å². The van der Waals surface area contributed by atoms with Gasteiger partial charge in [0.15, 0.2) is 5.13 Å². The van der Waals surface area contributed by atoms with Crippen molar-refractivity contribution in [2.45, 2.75) is 17.6 Å². The Morgan fingerprint density at radius 3 is 2.71 bits per heavy atom. The number of nitrogens with zero attached hydrogens (tertiary/aromatic N) is 2. The molecule has 0 spiro atoms. The molecule has 9 nitrogen and oxygen atoms in total. The molecule has 0 aliphatic carbocycles. The van der Waals surface area contributed by atoms with E-state index >= 15 is 0 Å². The van der Waals surface area contributed by atoms with Gasteiger partial charge in [-0.25, -0.2) is 27.9 Å². The topological polar surface area (TPSA) is 120 Å². The molecule has 3 heterocycles. The number of sulfonamides is 1. The van der Waals surface area contributed by atoms with Crippen LogP contribution < -0.4 is 14.8 Å². The van der Waals surface area contributed by atoms with Gasteiger partial charge in [0.1, 0.15) is 14.6 Å². The van der Waals surface area contributed by atoms with E-state index in [0.29, 0.717) is 29.3 Å². The number of hydrogen-bond acceptors (Lipinski definition) is 9. The average molecular weight is 443 g/mol. The maximum atomic E-state index is 12.5. The van der Waals surface area contributed by atoms with Crippen LogP contribution in [-0.2, 0) is 21.2 Å². The van der Waals surface area contributed by atoms with Gasteiger partial charge in [-0.2, -0.15) is 0 Å². The number of pyridine rings is 1. The lowest BCUT2D eigenvalue weighted by molar-refractivity contribution is 0.203. The van der Waals surface area contributed by atoms with Gasteiger partial charge in [-0.05, 0) is 24.6 Å². The summed E-state index contributed by atoms with van der Waals surface area (Å²) in [7, 11) is -0.907. The van der Waals surface area contributed by atoms with Gasteiger partial charge in [-0.1, -0.05) is 11.3 Å². The third-order valence-electron chi connectivity index (χ3n) is 3.68. The summed E-state index contributed by atoms with van der Waals surface area (Å²) in [4.78, 5) is 22.1.